The summed E-state index contributed by atoms with van der Waals surface area (Å²) >= 11 is 0. The van der Waals surface area contributed by atoms with Crippen LogP contribution in [0.5, 0.6) is 0 Å². The quantitative estimate of drug-likeness (QED) is 0.362. The predicted octanol–water partition coefficient (Wildman–Crippen LogP) is 5.13. The van der Waals surface area contributed by atoms with E-state index in [1.54, 1.807) is 0 Å². The number of methoxy groups -OCH3 is 1. The van der Waals surface area contributed by atoms with Crippen LogP contribution in [-0.4, -0.2) is 35.5 Å². The van der Waals surface area contributed by atoms with Crippen LogP contribution in [0.2, 0.25) is 0 Å². The largest absolute Gasteiger partial charge is 0.469 e. The van der Waals surface area contributed by atoms with Crippen LogP contribution < -0.4 is 0 Å². The molecule has 0 amide bonds. The number of esters is 1. The average Bonchev–Trinajstić information content (AvgIpc) is 3.19. The molecule has 4 nitrogen and oxygen atoms in total. The van der Waals surface area contributed by atoms with E-state index in [-0.39, 0.29) is 18.0 Å². The molecule has 0 radical (unpaired) electrons. The Morgan fingerprint density at radius 2 is 2.07 bits per heavy atom. The van der Waals surface area contributed by atoms with Crippen molar-refractivity contribution in [2.24, 2.45) is 23.7 Å². The van der Waals surface area contributed by atoms with Gasteiger partial charge in [-0.3, -0.25) is 4.79 Å². The third-order valence-corrected chi connectivity index (χ3v) is 6.32. The van der Waals surface area contributed by atoms with Crippen LogP contribution in [0.25, 0.3) is 0 Å². The molecule has 2 aliphatic carbocycles. The number of fused-ring (bicyclic) bond motifs is 1. The fourth-order valence-corrected chi connectivity index (χ4v) is 4.67. The van der Waals surface area contributed by atoms with Gasteiger partial charge < -0.3 is 14.9 Å². The number of hydrogen-bond donors (Lipinski definition) is 2. The fraction of sp³-hybridized carbons (Fsp3) is 0.654. The Bertz CT molecular complexity index is 669. The summed E-state index contributed by atoms with van der Waals surface area (Å²) in [6.45, 7) is 6.42. The summed E-state index contributed by atoms with van der Waals surface area (Å²) in [5.74, 6) is 1.09. The third kappa shape index (κ3) is 7.88. The molecule has 0 bridgehead atoms. The summed E-state index contributed by atoms with van der Waals surface area (Å²) in [6.07, 6.45) is 17.6. The molecule has 4 heteroatoms. The van der Waals surface area contributed by atoms with Gasteiger partial charge in [0.2, 0.25) is 0 Å². The summed E-state index contributed by atoms with van der Waals surface area (Å²) in [7, 11) is 1.41. The highest BCUT2D eigenvalue weighted by Crippen LogP contribution is 2.47. The Labute approximate surface area is 182 Å². The van der Waals surface area contributed by atoms with Crippen molar-refractivity contribution < 1.29 is 19.7 Å². The van der Waals surface area contributed by atoms with E-state index in [9.17, 15) is 15.0 Å². The molecule has 0 aromatic carbocycles. The molecule has 1 fully saturated rings. The Balaban J connectivity index is 1.81. The Morgan fingerprint density at radius 1 is 1.30 bits per heavy atom. The topological polar surface area (TPSA) is 66.8 Å². The lowest BCUT2D eigenvalue weighted by atomic mass is 9.89. The van der Waals surface area contributed by atoms with Gasteiger partial charge in [0, 0.05) is 12.3 Å². The van der Waals surface area contributed by atoms with Crippen molar-refractivity contribution in [3.8, 4) is 0 Å². The van der Waals surface area contributed by atoms with Crippen LogP contribution in [-0.2, 0) is 9.53 Å². The Kier molecular flexibility index (Phi) is 10.1. The maximum absolute atomic E-state index is 11.2. The summed E-state index contributed by atoms with van der Waals surface area (Å²) in [4.78, 5) is 11.2. The first-order valence-electron chi connectivity index (χ1n) is 11.4. The normalized spacial score (nSPS) is 27.9. The van der Waals surface area contributed by atoms with Gasteiger partial charge in [-0.2, -0.15) is 0 Å². The molecule has 0 unspecified atom stereocenters. The molecule has 2 N–H and O–H groups in total. The van der Waals surface area contributed by atoms with Crippen molar-refractivity contribution in [3.05, 3.63) is 47.6 Å². The van der Waals surface area contributed by atoms with Crippen LogP contribution in [0.4, 0.5) is 0 Å². The number of aliphatic hydroxyl groups excluding tert-OH is 2. The number of ether oxygens (including phenoxy) is 1. The number of allylic oxidation sites excluding steroid dienone is 5. The monoisotopic (exact) mass is 416 g/mol. The van der Waals surface area contributed by atoms with Crippen molar-refractivity contribution in [2.45, 2.75) is 77.9 Å². The SMILES string of the molecule is COC(=O)CCC=C[C@H]1C=C2C[C@@H](O)[C@@H](/C=C\[C@@H](O)C[C@H](C)CCC=C(C)C)[C@@H]2C1. The summed E-state index contributed by atoms with van der Waals surface area (Å²) in [5, 5.41) is 20.9. The molecule has 0 spiro atoms. The molecule has 0 heterocycles. The van der Waals surface area contributed by atoms with E-state index in [4.69, 9.17) is 0 Å². The Hall–Kier alpha value is -1.65. The summed E-state index contributed by atoms with van der Waals surface area (Å²) < 4.78 is 4.66. The smallest absolute Gasteiger partial charge is 0.305 e. The van der Waals surface area contributed by atoms with Gasteiger partial charge in [-0.15, -0.1) is 0 Å². The zero-order chi connectivity index (χ0) is 22.1. The number of hydrogen-bond acceptors (Lipinski definition) is 4. The van der Waals surface area contributed by atoms with Crippen molar-refractivity contribution in [2.75, 3.05) is 7.11 Å². The minimum atomic E-state index is -0.456. The van der Waals surface area contributed by atoms with Crippen molar-refractivity contribution >= 4 is 5.97 Å². The number of rotatable bonds is 11. The van der Waals surface area contributed by atoms with Gasteiger partial charge in [-0.1, -0.05) is 54.5 Å². The van der Waals surface area contributed by atoms with Crippen molar-refractivity contribution in [1.82, 2.24) is 0 Å². The Morgan fingerprint density at radius 3 is 2.77 bits per heavy atom. The minimum absolute atomic E-state index is 0.0837. The molecule has 0 aromatic rings. The number of carbonyl (C=O) groups is 1. The standard InChI is InChI=1S/C26H40O4/c1-18(2)8-7-9-19(3)14-22(27)12-13-23-24-16-20(15-21(24)17-25(23)28)10-5-6-11-26(29)30-4/h5,8,10,12-13,15,19-20,22-25,27-28H,6-7,9,11,14,16-17H2,1-4H3/b10-5?,13-12-/t19-,20+,22-,23+,24-,25-/m1/s1. The first-order chi connectivity index (χ1) is 14.3. The first-order valence-corrected chi connectivity index (χ1v) is 11.4. The third-order valence-electron chi connectivity index (χ3n) is 6.32. The highest BCUT2D eigenvalue weighted by atomic mass is 16.5. The lowest BCUT2D eigenvalue weighted by molar-refractivity contribution is -0.140. The summed E-state index contributed by atoms with van der Waals surface area (Å²) in [6, 6.07) is 0. The van der Waals surface area contributed by atoms with Gasteiger partial charge in [0.15, 0.2) is 0 Å². The van der Waals surface area contributed by atoms with E-state index in [2.05, 4.69) is 49.8 Å². The lowest BCUT2D eigenvalue weighted by Gasteiger charge is -2.19. The average molecular weight is 417 g/mol. The minimum Gasteiger partial charge on any atom is -0.469 e. The van der Waals surface area contributed by atoms with Gasteiger partial charge in [0.1, 0.15) is 0 Å². The molecule has 6 atom stereocenters. The van der Waals surface area contributed by atoms with Crippen molar-refractivity contribution in [1.29, 1.82) is 0 Å². The van der Waals surface area contributed by atoms with Crippen LogP contribution in [0.1, 0.15) is 65.7 Å². The van der Waals surface area contributed by atoms with E-state index in [0.29, 0.717) is 30.6 Å². The van der Waals surface area contributed by atoms with Gasteiger partial charge in [-0.05, 0) is 70.1 Å². The van der Waals surface area contributed by atoms with Gasteiger partial charge >= 0.3 is 5.97 Å². The predicted molar refractivity (Wildman–Crippen MR) is 122 cm³/mol. The number of carbonyl (C=O) groups excluding carboxylic acids is 1. The molecule has 2 rings (SSSR count). The van der Waals surface area contributed by atoms with Gasteiger partial charge in [0.05, 0.1) is 19.3 Å². The van der Waals surface area contributed by atoms with Gasteiger partial charge in [-0.25, -0.2) is 0 Å². The van der Waals surface area contributed by atoms with E-state index >= 15 is 0 Å². The first kappa shape index (κ1) is 24.6. The highest BCUT2D eigenvalue weighted by Gasteiger charge is 2.41. The van der Waals surface area contributed by atoms with E-state index in [1.165, 1.54) is 18.3 Å². The molecule has 0 saturated heterocycles. The lowest BCUT2D eigenvalue weighted by Crippen LogP contribution is -2.18. The van der Waals surface area contributed by atoms with Gasteiger partial charge in [0.25, 0.3) is 0 Å². The van der Waals surface area contributed by atoms with Crippen molar-refractivity contribution in [3.63, 3.8) is 0 Å². The van der Waals surface area contributed by atoms with Crippen LogP contribution >= 0.6 is 0 Å². The van der Waals surface area contributed by atoms with Crippen LogP contribution in [0, 0.1) is 23.7 Å². The second kappa shape index (κ2) is 12.3. The zero-order valence-corrected chi connectivity index (χ0v) is 19.1. The molecule has 30 heavy (non-hydrogen) atoms. The molecule has 2 aliphatic rings. The fourth-order valence-electron chi connectivity index (χ4n) is 4.67. The van der Waals surface area contributed by atoms with Crippen LogP contribution in [0.15, 0.2) is 47.6 Å². The van der Waals surface area contributed by atoms with E-state index in [0.717, 1.165) is 32.1 Å². The number of aliphatic hydroxyl groups is 2. The molecular weight excluding hydrogens is 376 g/mol. The molecule has 0 aliphatic heterocycles. The zero-order valence-electron chi connectivity index (χ0n) is 19.1. The van der Waals surface area contributed by atoms with E-state index in [1.807, 2.05) is 12.2 Å². The summed E-state index contributed by atoms with van der Waals surface area (Å²) in [5.41, 5.74) is 2.68. The maximum Gasteiger partial charge on any atom is 0.305 e. The molecule has 168 valence electrons. The second-order valence-electron chi connectivity index (χ2n) is 9.29. The van der Waals surface area contributed by atoms with Crippen LogP contribution in [0.3, 0.4) is 0 Å². The highest BCUT2D eigenvalue weighted by molar-refractivity contribution is 5.69. The second-order valence-corrected chi connectivity index (χ2v) is 9.29. The molecule has 1 saturated carbocycles. The molecular formula is C26H40O4. The maximum atomic E-state index is 11.2. The van der Waals surface area contributed by atoms with E-state index < -0.39 is 6.10 Å². The molecule has 0 aromatic heterocycles.